The van der Waals surface area contributed by atoms with Crippen molar-refractivity contribution >= 4 is 46.9 Å². The number of halogens is 2. The lowest BCUT2D eigenvalue weighted by Crippen LogP contribution is -2.32. The summed E-state index contributed by atoms with van der Waals surface area (Å²) in [4.78, 5) is 23.7. The number of nitrogens with one attached hydrogen (secondary N) is 2. The van der Waals surface area contributed by atoms with E-state index in [0.29, 0.717) is 21.3 Å². The maximum Gasteiger partial charge on any atom is 0.329 e. The second-order valence-electron chi connectivity index (χ2n) is 5.62. The molecule has 0 unspecified atom stereocenters. The Balaban J connectivity index is 1.87. The molecule has 0 heterocycles. The number of anilines is 1. The van der Waals surface area contributed by atoms with E-state index in [1.807, 2.05) is 12.1 Å². The summed E-state index contributed by atoms with van der Waals surface area (Å²) in [5, 5.41) is 7.14. The minimum atomic E-state index is -0.874. The molecular formula is C19H19Cl2N3O2. The molecule has 5 nitrogen and oxygen atoms in total. The first-order valence-electron chi connectivity index (χ1n) is 8.18. The average molecular weight is 392 g/mol. The highest BCUT2D eigenvalue weighted by Gasteiger charge is 2.12. The van der Waals surface area contributed by atoms with E-state index in [4.69, 9.17) is 23.2 Å². The summed E-state index contributed by atoms with van der Waals surface area (Å²) in [6.45, 7) is 2.14. The Morgan fingerprint density at radius 3 is 2.46 bits per heavy atom. The average Bonchev–Trinajstić information content (AvgIpc) is 2.62. The monoisotopic (exact) mass is 391 g/mol. The number of benzene rings is 2. The summed E-state index contributed by atoms with van der Waals surface area (Å²) >= 11 is 11.8. The van der Waals surface area contributed by atoms with Crippen LogP contribution < -0.4 is 10.7 Å². The Labute approximate surface area is 162 Å². The number of hydrogen-bond acceptors (Lipinski definition) is 3. The van der Waals surface area contributed by atoms with E-state index < -0.39 is 11.8 Å². The molecule has 0 saturated heterocycles. The number of carbonyl (C=O) groups is 2. The Kier molecular flexibility index (Phi) is 7.63. The lowest BCUT2D eigenvalue weighted by Gasteiger charge is -2.05. The standard InChI is InChI=1S/C19H19Cl2N3O2/c1-2-3-4-13-5-9-16(10-6-13)23-18(25)19(26)24-22-12-14-7-8-15(20)11-17(14)21/h5-12H,2-4H2,1H3,(H,23,25)(H,24,26)/b22-12-. The fraction of sp³-hybridized carbons (Fsp3) is 0.211. The third-order valence-electron chi connectivity index (χ3n) is 3.57. The van der Waals surface area contributed by atoms with Crippen molar-refractivity contribution in [2.45, 2.75) is 26.2 Å². The summed E-state index contributed by atoms with van der Waals surface area (Å²) in [5.41, 5.74) is 4.47. The predicted octanol–water partition coefficient (Wildman–Crippen LogP) is 4.42. The molecule has 0 spiro atoms. The van der Waals surface area contributed by atoms with Gasteiger partial charge in [-0.1, -0.05) is 54.7 Å². The van der Waals surface area contributed by atoms with Gasteiger partial charge in [0.25, 0.3) is 0 Å². The zero-order chi connectivity index (χ0) is 18.9. The van der Waals surface area contributed by atoms with Crippen LogP contribution in [-0.4, -0.2) is 18.0 Å². The summed E-state index contributed by atoms with van der Waals surface area (Å²) in [6.07, 6.45) is 4.57. The number of carbonyl (C=O) groups excluding carboxylic acids is 2. The fourth-order valence-electron chi connectivity index (χ4n) is 2.14. The minimum absolute atomic E-state index is 0.392. The third-order valence-corrected chi connectivity index (χ3v) is 4.13. The first kappa shape index (κ1) is 19.9. The van der Waals surface area contributed by atoms with Gasteiger partial charge >= 0.3 is 11.8 Å². The highest BCUT2D eigenvalue weighted by Crippen LogP contribution is 2.19. The lowest BCUT2D eigenvalue weighted by molar-refractivity contribution is -0.136. The molecule has 26 heavy (non-hydrogen) atoms. The van der Waals surface area contributed by atoms with Gasteiger partial charge in [-0.3, -0.25) is 9.59 Å². The van der Waals surface area contributed by atoms with E-state index in [-0.39, 0.29) is 0 Å². The van der Waals surface area contributed by atoms with Gasteiger partial charge in [-0.05, 0) is 42.7 Å². The molecule has 0 aliphatic heterocycles. The molecule has 0 radical (unpaired) electrons. The first-order chi connectivity index (χ1) is 12.5. The van der Waals surface area contributed by atoms with Crippen LogP contribution in [0.15, 0.2) is 47.6 Å². The second-order valence-corrected chi connectivity index (χ2v) is 6.46. The molecule has 2 aromatic carbocycles. The summed E-state index contributed by atoms with van der Waals surface area (Å²) < 4.78 is 0. The molecule has 2 N–H and O–H groups in total. The van der Waals surface area contributed by atoms with Gasteiger partial charge in [0.05, 0.1) is 11.2 Å². The zero-order valence-electron chi connectivity index (χ0n) is 14.3. The van der Waals surface area contributed by atoms with Gasteiger partial charge in [-0.15, -0.1) is 0 Å². The third kappa shape index (κ3) is 6.17. The van der Waals surface area contributed by atoms with E-state index in [9.17, 15) is 9.59 Å². The number of hydrazone groups is 1. The second kappa shape index (κ2) is 9.94. The van der Waals surface area contributed by atoms with Gasteiger partial charge in [0, 0.05) is 16.3 Å². The summed E-state index contributed by atoms with van der Waals surface area (Å²) in [6, 6.07) is 12.3. The van der Waals surface area contributed by atoms with Gasteiger partial charge in [0.15, 0.2) is 0 Å². The zero-order valence-corrected chi connectivity index (χ0v) is 15.8. The number of nitrogens with zero attached hydrogens (tertiary/aromatic N) is 1. The normalized spacial score (nSPS) is 10.7. The molecule has 2 aromatic rings. The van der Waals surface area contributed by atoms with Crippen molar-refractivity contribution in [1.29, 1.82) is 0 Å². The summed E-state index contributed by atoms with van der Waals surface area (Å²) in [5.74, 6) is -1.67. The first-order valence-corrected chi connectivity index (χ1v) is 8.93. The molecule has 0 saturated carbocycles. The molecule has 136 valence electrons. The van der Waals surface area contributed by atoms with Gasteiger partial charge < -0.3 is 5.32 Å². The van der Waals surface area contributed by atoms with Crippen molar-refractivity contribution in [1.82, 2.24) is 5.43 Å². The highest BCUT2D eigenvalue weighted by molar-refractivity contribution is 6.39. The molecule has 0 aliphatic rings. The van der Waals surface area contributed by atoms with Crippen LogP contribution in [0, 0.1) is 0 Å². The molecular weight excluding hydrogens is 373 g/mol. The number of aryl methyl sites for hydroxylation is 1. The maximum atomic E-state index is 11.9. The van der Waals surface area contributed by atoms with E-state index in [2.05, 4.69) is 22.8 Å². The van der Waals surface area contributed by atoms with Crippen LogP contribution in [0.2, 0.25) is 10.0 Å². The van der Waals surface area contributed by atoms with Crippen molar-refractivity contribution in [3.8, 4) is 0 Å². The number of amides is 2. The van der Waals surface area contributed by atoms with Crippen LogP contribution in [0.5, 0.6) is 0 Å². The largest absolute Gasteiger partial charge is 0.329 e. The topological polar surface area (TPSA) is 70.6 Å². The van der Waals surface area contributed by atoms with Gasteiger partial charge in [0.2, 0.25) is 0 Å². The summed E-state index contributed by atoms with van der Waals surface area (Å²) in [7, 11) is 0. The fourth-order valence-corrected chi connectivity index (χ4v) is 2.60. The molecule has 2 amide bonds. The van der Waals surface area contributed by atoms with Crippen LogP contribution in [0.4, 0.5) is 5.69 Å². The molecule has 0 aliphatic carbocycles. The number of hydrogen-bond donors (Lipinski definition) is 2. The van der Waals surface area contributed by atoms with Gasteiger partial charge in [-0.25, -0.2) is 5.43 Å². The number of unbranched alkanes of at least 4 members (excludes halogenated alkanes) is 1. The molecule has 7 heteroatoms. The molecule has 0 atom stereocenters. The van der Waals surface area contributed by atoms with Crippen molar-refractivity contribution in [3.63, 3.8) is 0 Å². The van der Waals surface area contributed by atoms with Gasteiger partial charge in [-0.2, -0.15) is 5.10 Å². The molecule has 0 bridgehead atoms. The van der Waals surface area contributed by atoms with Crippen LogP contribution in [0.3, 0.4) is 0 Å². The molecule has 0 aromatic heterocycles. The van der Waals surface area contributed by atoms with Crippen molar-refractivity contribution < 1.29 is 9.59 Å². The molecule has 2 rings (SSSR count). The number of rotatable bonds is 6. The van der Waals surface area contributed by atoms with Crippen LogP contribution >= 0.6 is 23.2 Å². The van der Waals surface area contributed by atoms with E-state index >= 15 is 0 Å². The van der Waals surface area contributed by atoms with Gasteiger partial charge in [0.1, 0.15) is 0 Å². The minimum Gasteiger partial charge on any atom is -0.318 e. The Morgan fingerprint density at radius 1 is 1.08 bits per heavy atom. The highest BCUT2D eigenvalue weighted by atomic mass is 35.5. The van der Waals surface area contributed by atoms with E-state index in [0.717, 1.165) is 19.3 Å². The van der Waals surface area contributed by atoms with Crippen molar-refractivity contribution in [2.24, 2.45) is 5.10 Å². The Bertz CT molecular complexity index is 805. The Morgan fingerprint density at radius 2 is 1.81 bits per heavy atom. The maximum absolute atomic E-state index is 11.9. The smallest absolute Gasteiger partial charge is 0.318 e. The van der Waals surface area contributed by atoms with E-state index in [1.165, 1.54) is 11.8 Å². The van der Waals surface area contributed by atoms with Crippen molar-refractivity contribution in [2.75, 3.05) is 5.32 Å². The SMILES string of the molecule is CCCCc1ccc(NC(=O)C(=O)N/N=C\c2ccc(Cl)cc2Cl)cc1. The molecule has 0 fully saturated rings. The van der Waals surface area contributed by atoms with E-state index in [1.54, 1.807) is 30.3 Å². The van der Waals surface area contributed by atoms with Crippen LogP contribution in [0.25, 0.3) is 0 Å². The predicted molar refractivity (Wildman–Crippen MR) is 106 cm³/mol. The lowest BCUT2D eigenvalue weighted by atomic mass is 10.1. The van der Waals surface area contributed by atoms with Crippen molar-refractivity contribution in [3.05, 3.63) is 63.6 Å². The quantitative estimate of drug-likeness (QED) is 0.434. The van der Waals surface area contributed by atoms with Crippen LogP contribution in [-0.2, 0) is 16.0 Å². The Hall–Kier alpha value is -2.37. The van der Waals surface area contributed by atoms with Crippen LogP contribution in [0.1, 0.15) is 30.9 Å².